The van der Waals surface area contributed by atoms with Crippen LogP contribution in [0.1, 0.15) is 38.7 Å². The molecule has 0 spiro atoms. The van der Waals surface area contributed by atoms with Crippen LogP contribution in [0.15, 0.2) is 36.4 Å². The van der Waals surface area contributed by atoms with Gasteiger partial charge in [-0.1, -0.05) is 0 Å². The molecule has 5 heteroatoms. The summed E-state index contributed by atoms with van der Waals surface area (Å²) in [6.45, 7) is 9.80. The SMILES string of the molecule is Cc1cc(C)c(NC(=O)c2ccc(-n3nc(C)cc3C)cc2)c(C)n1. The summed E-state index contributed by atoms with van der Waals surface area (Å²) in [5.74, 6) is -0.142. The normalized spacial score (nSPS) is 10.8. The molecule has 0 aliphatic rings. The standard InChI is InChI=1S/C20H22N4O/c1-12-10-13(2)21-16(5)19(12)22-20(25)17-6-8-18(9-7-17)24-15(4)11-14(3)23-24/h6-11H,1-5H3,(H,22,25). The molecule has 0 unspecified atom stereocenters. The summed E-state index contributed by atoms with van der Waals surface area (Å²) >= 11 is 0. The van der Waals surface area contributed by atoms with E-state index in [-0.39, 0.29) is 5.91 Å². The summed E-state index contributed by atoms with van der Waals surface area (Å²) < 4.78 is 1.87. The number of aromatic nitrogens is 3. The molecule has 128 valence electrons. The lowest BCUT2D eigenvalue weighted by atomic mass is 10.1. The summed E-state index contributed by atoms with van der Waals surface area (Å²) in [5, 5.41) is 7.43. The maximum atomic E-state index is 12.6. The predicted molar refractivity (Wildman–Crippen MR) is 99.4 cm³/mol. The summed E-state index contributed by atoms with van der Waals surface area (Å²) in [5.41, 5.74) is 7.13. The quantitative estimate of drug-likeness (QED) is 0.786. The number of anilines is 1. The molecule has 3 aromatic rings. The number of nitrogens with one attached hydrogen (secondary N) is 1. The minimum absolute atomic E-state index is 0.142. The lowest BCUT2D eigenvalue weighted by Gasteiger charge is -2.12. The van der Waals surface area contributed by atoms with Gasteiger partial charge in [0.25, 0.3) is 5.91 Å². The van der Waals surface area contributed by atoms with Crippen LogP contribution >= 0.6 is 0 Å². The van der Waals surface area contributed by atoms with Gasteiger partial charge in [0.1, 0.15) is 0 Å². The summed E-state index contributed by atoms with van der Waals surface area (Å²) in [7, 11) is 0. The first kappa shape index (κ1) is 16.9. The second-order valence-corrected chi connectivity index (χ2v) is 6.38. The van der Waals surface area contributed by atoms with Crippen LogP contribution in [-0.4, -0.2) is 20.7 Å². The van der Waals surface area contributed by atoms with Gasteiger partial charge in [0.15, 0.2) is 0 Å². The Balaban J connectivity index is 1.83. The Morgan fingerprint density at radius 1 is 0.960 bits per heavy atom. The molecule has 0 saturated heterocycles. The zero-order valence-corrected chi connectivity index (χ0v) is 15.2. The van der Waals surface area contributed by atoms with E-state index in [9.17, 15) is 4.79 Å². The van der Waals surface area contributed by atoms with Crippen LogP contribution in [0.3, 0.4) is 0 Å². The summed E-state index contributed by atoms with van der Waals surface area (Å²) in [6, 6.07) is 11.4. The first-order valence-electron chi connectivity index (χ1n) is 8.25. The lowest BCUT2D eigenvalue weighted by Crippen LogP contribution is -2.14. The molecule has 1 N–H and O–H groups in total. The topological polar surface area (TPSA) is 59.8 Å². The fraction of sp³-hybridized carbons (Fsp3) is 0.250. The van der Waals surface area contributed by atoms with E-state index in [2.05, 4.69) is 15.4 Å². The van der Waals surface area contributed by atoms with Crippen LogP contribution in [0.4, 0.5) is 5.69 Å². The van der Waals surface area contributed by atoms with Crippen molar-refractivity contribution in [2.24, 2.45) is 0 Å². The predicted octanol–water partition coefficient (Wildman–Crippen LogP) is 4.06. The Morgan fingerprint density at radius 3 is 2.20 bits per heavy atom. The molecule has 0 fully saturated rings. The van der Waals surface area contributed by atoms with Crippen molar-refractivity contribution in [2.45, 2.75) is 34.6 Å². The Labute approximate surface area is 147 Å². The minimum atomic E-state index is -0.142. The molecule has 0 bridgehead atoms. The number of amides is 1. The van der Waals surface area contributed by atoms with Crippen molar-refractivity contribution in [3.05, 3.63) is 70.3 Å². The zero-order valence-electron chi connectivity index (χ0n) is 15.2. The highest BCUT2D eigenvalue weighted by Gasteiger charge is 2.12. The molecular formula is C20H22N4O. The molecule has 0 aliphatic carbocycles. The van der Waals surface area contributed by atoms with E-state index >= 15 is 0 Å². The fourth-order valence-corrected chi connectivity index (χ4v) is 3.04. The zero-order chi connectivity index (χ0) is 18.1. The van der Waals surface area contributed by atoms with Gasteiger partial charge in [-0.05, 0) is 76.6 Å². The van der Waals surface area contributed by atoms with E-state index in [1.165, 1.54) is 0 Å². The molecule has 0 aliphatic heterocycles. The van der Waals surface area contributed by atoms with Crippen LogP contribution < -0.4 is 5.32 Å². The molecule has 25 heavy (non-hydrogen) atoms. The van der Waals surface area contributed by atoms with Crippen molar-refractivity contribution < 1.29 is 4.79 Å². The lowest BCUT2D eigenvalue weighted by molar-refractivity contribution is 0.102. The van der Waals surface area contributed by atoms with Crippen LogP contribution in [0.2, 0.25) is 0 Å². The van der Waals surface area contributed by atoms with Gasteiger partial charge in [0.2, 0.25) is 0 Å². The van der Waals surface area contributed by atoms with Crippen LogP contribution in [0, 0.1) is 34.6 Å². The number of carbonyl (C=O) groups is 1. The third kappa shape index (κ3) is 3.45. The van der Waals surface area contributed by atoms with Crippen LogP contribution in [0.5, 0.6) is 0 Å². The number of hydrogen-bond acceptors (Lipinski definition) is 3. The Kier molecular flexibility index (Phi) is 4.40. The second-order valence-electron chi connectivity index (χ2n) is 6.38. The minimum Gasteiger partial charge on any atom is -0.320 e. The van der Waals surface area contributed by atoms with E-state index in [0.29, 0.717) is 5.56 Å². The molecule has 0 atom stereocenters. The molecule has 2 heterocycles. The summed E-state index contributed by atoms with van der Waals surface area (Å²) in [4.78, 5) is 17.0. The van der Waals surface area contributed by atoms with Crippen molar-refractivity contribution in [2.75, 3.05) is 5.32 Å². The van der Waals surface area contributed by atoms with Crippen molar-refractivity contribution in [3.8, 4) is 5.69 Å². The van der Waals surface area contributed by atoms with Crippen molar-refractivity contribution in [1.29, 1.82) is 0 Å². The molecule has 2 aromatic heterocycles. The van der Waals surface area contributed by atoms with E-state index in [1.807, 2.05) is 75.7 Å². The van der Waals surface area contributed by atoms with Gasteiger partial charge in [-0.25, -0.2) is 4.68 Å². The monoisotopic (exact) mass is 334 g/mol. The van der Waals surface area contributed by atoms with Crippen molar-refractivity contribution in [3.63, 3.8) is 0 Å². The highest BCUT2D eigenvalue weighted by molar-refractivity contribution is 6.05. The van der Waals surface area contributed by atoms with Crippen LogP contribution in [-0.2, 0) is 0 Å². The molecular weight excluding hydrogens is 312 g/mol. The number of carbonyl (C=O) groups excluding carboxylic acids is 1. The van der Waals surface area contributed by atoms with E-state index in [0.717, 1.165) is 39.7 Å². The number of benzene rings is 1. The van der Waals surface area contributed by atoms with E-state index < -0.39 is 0 Å². The fourth-order valence-electron chi connectivity index (χ4n) is 3.04. The number of pyridine rings is 1. The Hall–Kier alpha value is -2.95. The maximum absolute atomic E-state index is 12.6. The maximum Gasteiger partial charge on any atom is 0.255 e. The third-order valence-corrected chi connectivity index (χ3v) is 4.15. The number of aryl methyl sites for hydroxylation is 5. The van der Waals surface area contributed by atoms with Gasteiger partial charge in [0.05, 0.1) is 22.8 Å². The second kappa shape index (κ2) is 6.51. The van der Waals surface area contributed by atoms with Gasteiger partial charge < -0.3 is 5.32 Å². The van der Waals surface area contributed by atoms with Gasteiger partial charge >= 0.3 is 0 Å². The van der Waals surface area contributed by atoms with Gasteiger partial charge in [-0.2, -0.15) is 5.10 Å². The highest BCUT2D eigenvalue weighted by atomic mass is 16.1. The molecule has 0 saturated carbocycles. The average Bonchev–Trinajstić information content (AvgIpc) is 2.89. The first-order valence-corrected chi connectivity index (χ1v) is 8.25. The van der Waals surface area contributed by atoms with Gasteiger partial charge in [-0.15, -0.1) is 0 Å². The summed E-state index contributed by atoms with van der Waals surface area (Å²) in [6.07, 6.45) is 0. The molecule has 1 amide bonds. The number of rotatable bonds is 3. The van der Waals surface area contributed by atoms with Gasteiger partial charge in [0, 0.05) is 17.0 Å². The molecule has 5 nitrogen and oxygen atoms in total. The number of hydrogen-bond donors (Lipinski definition) is 1. The highest BCUT2D eigenvalue weighted by Crippen LogP contribution is 2.20. The van der Waals surface area contributed by atoms with E-state index in [1.54, 1.807) is 0 Å². The van der Waals surface area contributed by atoms with Crippen LogP contribution in [0.25, 0.3) is 5.69 Å². The largest absolute Gasteiger partial charge is 0.320 e. The number of nitrogens with zero attached hydrogens (tertiary/aromatic N) is 3. The van der Waals surface area contributed by atoms with Gasteiger partial charge in [-0.3, -0.25) is 9.78 Å². The smallest absolute Gasteiger partial charge is 0.255 e. The third-order valence-electron chi connectivity index (χ3n) is 4.15. The first-order chi connectivity index (χ1) is 11.8. The molecule has 0 radical (unpaired) electrons. The Morgan fingerprint density at radius 2 is 1.64 bits per heavy atom. The van der Waals surface area contributed by atoms with Crippen molar-refractivity contribution in [1.82, 2.24) is 14.8 Å². The average molecular weight is 334 g/mol. The Bertz CT molecular complexity index is 916. The van der Waals surface area contributed by atoms with Crippen molar-refractivity contribution >= 4 is 11.6 Å². The molecule has 1 aromatic carbocycles. The van der Waals surface area contributed by atoms with E-state index in [4.69, 9.17) is 0 Å². The molecule has 3 rings (SSSR count).